The Labute approximate surface area is 114 Å². The zero-order chi connectivity index (χ0) is 13.7. The molecule has 2 rings (SSSR count). The first-order valence-electron chi connectivity index (χ1n) is 6.81. The molecule has 0 saturated carbocycles. The van der Waals surface area contributed by atoms with E-state index in [1.807, 2.05) is 11.0 Å². The van der Waals surface area contributed by atoms with Gasteiger partial charge in [-0.3, -0.25) is 4.79 Å². The molecule has 1 saturated heterocycles. The van der Waals surface area contributed by atoms with Crippen LogP contribution in [0.15, 0.2) is 30.3 Å². The van der Waals surface area contributed by atoms with Gasteiger partial charge in [0.15, 0.2) is 0 Å². The minimum absolute atomic E-state index is 0.0660. The molecule has 1 heterocycles. The van der Waals surface area contributed by atoms with E-state index in [9.17, 15) is 4.79 Å². The van der Waals surface area contributed by atoms with Crippen molar-refractivity contribution in [1.29, 1.82) is 0 Å². The number of rotatable bonds is 3. The van der Waals surface area contributed by atoms with Crippen molar-refractivity contribution < 1.29 is 9.53 Å². The summed E-state index contributed by atoms with van der Waals surface area (Å²) in [7, 11) is 0. The smallest absolute Gasteiger partial charge is 0.246 e. The lowest BCUT2D eigenvalue weighted by atomic mass is 10.0. The maximum Gasteiger partial charge on any atom is 0.246 e. The average Bonchev–Trinajstić information content (AvgIpc) is 2.46. The summed E-state index contributed by atoms with van der Waals surface area (Å²) in [4.78, 5) is 13.8. The largest absolute Gasteiger partial charge is 0.378 e. The summed E-state index contributed by atoms with van der Waals surface area (Å²) in [5.74, 6) is 0.601. The Kier molecular flexibility index (Phi) is 4.74. The molecule has 1 aliphatic rings. The molecule has 0 N–H and O–H groups in total. The van der Waals surface area contributed by atoms with Gasteiger partial charge in [-0.25, -0.2) is 0 Å². The Bertz CT molecular complexity index is 442. The second kappa shape index (κ2) is 6.53. The van der Waals surface area contributed by atoms with E-state index >= 15 is 0 Å². The molecule has 1 amide bonds. The molecule has 0 bridgehead atoms. The van der Waals surface area contributed by atoms with Crippen LogP contribution in [0, 0.1) is 0 Å². The number of hydrogen-bond acceptors (Lipinski definition) is 2. The lowest BCUT2D eigenvalue weighted by Crippen LogP contribution is -2.39. The minimum Gasteiger partial charge on any atom is -0.378 e. The van der Waals surface area contributed by atoms with Crippen LogP contribution in [0.5, 0.6) is 0 Å². The lowest BCUT2D eigenvalue weighted by molar-refractivity contribution is -0.129. The number of hydrogen-bond donors (Lipinski definition) is 0. The molecule has 19 heavy (non-hydrogen) atoms. The van der Waals surface area contributed by atoms with E-state index in [1.165, 1.54) is 5.56 Å². The van der Waals surface area contributed by atoms with E-state index in [2.05, 4.69) is 38.1 Å². The second-order valence-corrected chi connectivity index (χ2v) is 5.09. The van der Waals surface area contributed by atoms with Crippen molar-refractivity contribution >= 4 is 12.0 Å². The third-order valence-electron chi connectivity index (χ3n) is 3.34. The van der Waals surface area contributed by atoms with E-state index in [-0.39, 0.29) is 5.91 Å². The highest BCUT2D eigenvalue weighted by Gasteiger charge is 2.13. The van der Waals surface area contributed by atoms with Crippen molar-refractivity contribution in [3.05, 3.63) is 41.5 Å². The van der Waals surface area contributed by atoms with Crippen LogP contribution in [0.4, 0.5) is 0 Å². The second-order valence-electron chi connectivity index (χ2n) is 5.09. The molecule has 1 aromatic carbocycles. The average molecular weight is 259 g/mol. The first-order valence-corrected chi connectivity index (χ1v) is 6.81. The van der Waals surface area contributed by atoms with Gasteiger partial charge in [0.25, 0.3) is 0 Å². The molecular weight excluding hydrogens is 238 g/mol. The molecule has 0 radical (unpaired) electrons. The summed E-state index contributed by atoms with van der Waals surface area (Å²) in [5, 5.41) is 0. The number of nitrogens with zero attached hydrogens (tertiary/aromatic N) is 1. The normalized spacial score (nSPS) is 16.3. The van der Waals surface area contributed by atoms with E-state index in [4.69, 9.17) is 4.74 Å². The molecule has 3 nitrogen and oxygen atoms in total. The van der Waals surface area contributed by atoms with Crippen molar-refractivity contribution in [1.82, 2.24) is 4.90 Å². The third-order valence-corrected chi connectivity index (χ3v) is 3.34. The topological polar surface area (TPSA) is 29.5 Å². The number of carbonyl (C=O) groups excluding carboxylic acids is 1. The molecule has 0 unspecified atom stereocenters. The van der Waals surface area contributed by atoms with Crippen molar-refractivity contribution in [3.8, 4) is 0 Å². The fourth-order valence-electron chi connectivity index (χ4n) is 2.05. The molecule has 0 aromatic heterocycles. The van der Waals surface area contributed by atoms with Gasteiger partial charge in [-0.15, -0.1) is 0 Å². The maximum atomic E-state index is 11.9. The number of amides is 1. The maximum absolute atomic E-state index is 11.9. The summed E-state index contributed by atoms with van der Waals surface area (Å²) in [5.41, 5.74) is 2.38. The Morgan fingerprint density at radius 3 is 2.42 bits per heavy atom. The van der Waals surface area contributed by atoms with Crippen LogP contribution < -0.4 is 0 Å². The Hall–Kier alpha value is -1.61. The predicted molar refractivity (Wildman–Crippen MR) is 77.0 cm³/mol. The van der Waals surface area contributed by atoms with Gasteiger partial charge in [0.2, 0.25) is 5.91 Å². The zero-order valence-electron chi connectivity index (χ0n) is 11.6. The van der Waals surface area contributed by atoms with Gasteiger partial charge in [0, 0.05) is 19.2 Å². The number of carbonyl (C=O) groups is 1. The highest BCUT2D eigenvalue weighted by molar-refractivity contribution is 5.91. The number of morpholine rings is 1. The summed E-state index contributed by atoms with van der Waals surface area (Å²) in [6, 6.07) is 8.34. The first-order chi connectivity index (χ1) is 9.16. The van der Waals surface area contributed by atoms with Gasteiger partial charge < -0.3 is 9.64 Å². The molecule has 0 atom stereocenters. The molecule has 1 aliphatic heterocycles. The van der Waals surface area contributed by atoms with Crippen molar-refractivity contribution in [3.63, 3.8) is 0 Å². The fraction of sp³-hybridized carbons (Fsp3) is 0.438. The summed E-state index contributed by atoms with van der Waals surface area (Å²) >= 11 is 0. The van der Waals surface area contributed by atoms with E-state index in [1.54, 1.807) is 6.08 Å². The van der Waals surface area contributed by atoms with Gasteiger partial charge in [-0.2, -0.15) is 0 Å². The van der Waals surface area contributed by atoms with Crippen LogP contribution in [0.2, 0.25) is 0 Å². The molecule has 1 aromatic rings. The van der Waals surface area contributed by atoms with Gasteiger partial charge in [0.05, 0.1) is 13.2 Å². The van der Waals surface area contributed by atoms with Crippen LogP contribution in [0.25, 0.3) is 6.08 Å². The third kappa shape index (κ3) is 3.93. The Balaban J connectivity index is 1.95. The van der Waals surface area contributed by atoms with Crippen LogP contribution in [0.1, 0.15) is 30.9 Å². The number of benzene rings is 1. The van der Waals surface area contributed by atoms with Gasteiger partial charge in [0.1, 0.15) is 0 Å². The van der Waals surface area contributed by atoms with Crippen molar-refractivity contribution in [2.75, 3.05) is 26.3 Å². The van der Waals surface area contributed by atoms with Crippen LogP contribution in [0.3, 0.4) is 0 Å². The number of ether oxygens (including phenoxy) is 1. The van der Waals surface area contributed by atoms with Crippen molar-refractivity contribution in [2.45, 2.75) is 19.8 Å². The van der Waals surface area contributed by atoms with Gasteiger partial charge >= 0.3 is 0 Å². The van der Waals surface area contributed by atoms with Gasteiger partial charge in [-0.05, 0) is 23.1 Å². The quantitative estimate of drug-likeness (QED) is 0.781. The fourth-order valence-corrected chi connectivity index (χ4v) is 2.05. The molecule has 3 heteroatoms. The molecule has 1 fully saturated rings. The predicted octanol–water partition coefficient (Wildman–Crippen LogP) is 2.68. The van der Waals surface area contributed by atoms with Crippen LogP contribution in [-0.4, -0.2) is 37.1 Å². The highest BCUT2D eigenvalue weighted by Crippen LogP contribution is 2.15. The summed E-state index contributed by atoms with van der Waals surface area (Å²) in [6.45, 7) is 7.01. The molecular formula is C16H21NO2. The first kappa shape index (κ1) is 13.8. The highest BCUT2D eigenvalue weighted by atomic mass is 16.5. The Morgan fingerprint density at radius 2 is 1.84 bits per heavy atom. The monoisotopic (exact) mass is 259 g/mol. The molecule has 0 aliphatic carbocycles. The Morgan fingerprint density at radius 1 is 1.21 bits per heavy atom. The molecule has 102 valence electrons. The zero-order valence-corrected chi connectivity index (χ0v) is 11.6. The van der Waals surface area contributed by atoms with Crippen LogP contribution in [-0.2, 0) is 9.53 Å². The lowest BCUT2D eigenvalue weighted by Gasteiger charge is -2.25. The standard InChI is InChI=1S/C16H21NO2/c1-13(2)15-6-3-14(4-7-15)5-8-16(18)17-9-11-19-12-10-17/h3-8,13H,9-12H2,1-2H3. The summed E-state index contributed by atoms with van der Waals surface area (Å²) in [6.07, 6.45) is 3.53. The molecule has 0 spiro atoms. The van der Waals surface area contributed by atoms with Crippen LogP contribution >= 0.6 is 0 Å². The van der Waals surface area contributed by atoms with E-state index in [0.717, 1.165) is 5.56 Å². The van der Waals surface area contributed by atoms with E-state index in [0.29, 0.717) is 32.2 Å². The van der Waals surface area contributed by atoms with Gasteiger partial charge in [-0.1, -0.05) is 38.1 Å². The van der Waals surface area contributed by atoms with Crippen molar-refractivity contribution in [2.24, 2.45) is 0 Å². The minimum atomic E-state index is 0.0660. The van der Waals surface area contributed by atoms with E-state index < -0.39 is 0 Å². The summed E-state index contributed by atoms with van der Waals surface area (Å²) < 4.78 is 5.23. The SMILES string of the molecule is CC(C)c1ccc(C=CC(=O)N2CCOCC2)cc1.